The van der Waals surface area contributed by atoms with E-state index >= 15 is 0 Å². The van der Waals surface area contributed by atoms with Gasteiger partial charge in [0, 0.05) is 19.7 Å². The summed E-state index contributed by atoms with van der Waals surface area (Å²) in [5, 5.41) is 11.7. The maximum Gasteiger partial charge on any atom is 0.326 e. The van der Waals surface area contributed by atoms with E-state index in [1.807, 2.05) is 0 Å². The summed E-state index contributed by atoms with van der Waals surface area (Å²) in [6.07, 6.45) is 3.77. The van der Waals surface area contributed by atoms with Crippen molar-refractivity contribution < 1.29 is 19.4 Å². The lowest BCUT2D eigenvalue weighted by atomic mass is 10.2. The van der Waals surface area contributed by atoms with Gasteiger partial charge in [-0.05, 0) is 31.6 Å². The van der Waals surface area contributed by atoms with Crippen LogP contribution in [0, 0.1) is 5.92 Å². The van der Waals surface area contributed by atoms with Gasteiger partial charge in [0.05, 0.1) is 6.61 Å². The number of urea groups is 1. The molecule has 2 aliphatic carbocycles. The summed E-state index contributed by atoms with van der Waals surface area (Å²) in [6.45, 7) is 0.995. The molecule has 0 aromatic rings. The summed E-state index contributed by atoms with van der Waals surface area (Å²) in [7, 11) is 1.59. The molecule has 2 saturated carbocycles. The Hall–Kier alpha value is -1.30. The van der Waals surface area contributed by atoms with E-state index in [4.69, 9.17) is 9.84 Å². The predicted octanol–water partition coefficient (Wildman–Crippen LogP) is 0.670. The van der Waals surface area contributed by atoms with Gasteiger partial charge in [0.1, 0.15) is 6.04 Å². The first kappa shape index (κ1) is 13.1. The Labute approximate surface area is 106 Å². The molecule has 0 radical (unpaired) electrons. The number of carbonyl (C=O) groups is 2. The highest BCUT2D eigenvalue weighted by Gasteiger charge is 2.40. The van der Waals surface area contributed by atoms with E-state index in [1.165, 1.54) is 0 Å². The quantitative estimate of drug-likeness (QED) is 0.701. The van der Waals surface area contributed by atoms with Crippen molar-refractivity contribution in [3.63, 3.8) is 0 Å². The number of carbonyl (C=O) groups excluding carboxylic acids is 1. The zero-order chi connectivity index (χ0) is 13.1. The number of ether oxygens (including phenoxy) is 1. The summed E-state index contributed by atoms with van der Waals surface area (Å²) < 4.78 is 4.97. The number of hydrogen-bond donors (Lipinski definition) is 2. The molecule has 1 unspecified atom stereocenters. The second kappa shape index (κ2) is 5.56. The summed E-state index contributed by atoms with van der Waals surface area (Å²) in [5.74, 6) is -0.830. The van der Waals surface area contributed by atoms with Gasteiger partial charge >= 0.3 is 12.0 Å². The number of carboxylic acid groups (broad SMARTS) is 1. The minimum absolute atomic E-state index is 0.106. The van der Waals surface area contributed by atoms with Crippen LogP contribution in [0.25, 0.3) is 0 Å². The van der Waals surface area contributed by atoms with E-state index in [1.54, 1.807) is 12.0 Å². The smallest absolute Gasteiger partial charge is 0.326 e. The molecule has 1 atom stereocenters. The first-order chi connectivity index (χ1) is 8.63. The van der Waals surface area contributed by atoms with E-state index in [2.05, 4.69) is 5.32 Å². The van der Waals surface area contributed by atoms with Crippen molar-refractivity contribution in [1.82, 2.24) is 10.2 Å². The van der Waals surface area contributed by atoms with Crippen molar-refractivity contribution >= 4 is 12.0 Å². The number of amides is 2. The summed E-state index contributed by atoms with van der Waals surface area (Å²) in [6, 6.07) is -0.746. The molecule has 2 N–H and O–H groups in total. The van der Waals surface area contributed by atoms with Gasteiger partial charge in [-0.3, -0.25) is 0 Å². The van der Waals surface area contributed by atoms with Crippen LogP contribution in [0.4, 0.5) is 4.79 Å². The van der Waals surface area contributed by atoms with E-state index in [-0.39, 0.29) is 18.0 Å². The molecule has 102 valence electrons. The third kappa shape index (κ3) is 3.35. The summed E-state index contributed by atoms with van der Waals surface area (Å²) in [5.41, 5.74) is 0. The number of hydrogen-bond acceptors (Lipinski definition) is 3. The molecule has 2 amide bonds. The van der Waals surface area contributed by atoms with Crippen LogP contribution in [0.3, 0.4) is 0 Å². The third-order valence-electron chi connectivity index (χ3n) is 3.42. The van der Waals surface area contributed by atoms with E-state index in [0.29, 0.717) is 13.2 Å². The normalized spacial score (nSPS) is 20.3. The molecule has 2 fully saturated rings. The molecule has 18 heavy (non-hydrogen) atoms. The molecule has 0 spiro atoms. The van der Waals surface area contributed by atoms with Crippen LogP contribution in [0.15, 0.2) is 0 Å². The fourth-order valence-electron chi connectivity index (χ4n) is 2.05. The first-order valence-electron chi connectivity index (χ1n) is 6.42. The van der Waals surface area contributed by atoms with Gasteiger partial charge in [0.2, 0.25) is 0 Å². The van der Waals surface area contributed by atoms with Crippen LogP contribution >= 0.6 is 0 Å². The average molecular weight is 256 g/mol. The molecular formula is C12H20N2O4. The maximum absolute atomic E-state index is 12.1. The van der Waals surface area contributed by atoms with Crippen LogP contribution in [-0.4, -0.2) is 54.4 Å². The van der Waals surface area contributed by atoms with Crippen LogP contribution in [-0.2, 0) is 9.53 Å². The van der Waals surface area contributed by atoms with Crippen LogP contribution in [0.1, 0.15) is 25.7 Å². The van der Waals surface area contributed by atoms with Gasteiger partial charge in [-0.2, -0.15) is 0 Å². The molecule has 0 heterocycles. The SMILES string of the molecule is COCCN(C(=O)NC(C(=O)O)C1CC1)C1CC1. The fourth-order valence-corrected chi connectivity index (χ4v) is 2.05. The van der Waals surface area contributed by atoms with Crippen molar-refractivity contribution in [2.45, 2.75) is 37.8 Å². The summed E-state index contributed by atoms with van der Waals surface area (Å²) >= 11 is 0. The molecule has 0 saturated heterocycles. The van der Waals surface area contributed by atoms with Gasteiger partial charge in [-0.15, -0.1) is 0 Å². The predicted molar refractivity (Wildman–Crippen MR) is 64.3 cm³/mol. The van der Waals surface area contributed by atoms with E-state index in [9.17, 15) is 9.59 Å². The Bertz CT molecular complexity index is 326. The molecule has 0 aromatic carbocycles. The fraction of sp³-hybridized carbons (Fsp3) is 0.833. The Morgan fingerprint density at radius 1 is 1.39 bits per heavy atom. The maximum atomic E-state index is 12.1. The lowest BCUT2D eigenvalue weighted by molar-refractivity contribution is -0.139. The monoisotopic (exact) mass is 256 g/mol. The molecule has 6 heteroatoms. The highest BCUT2D eigenvalue weighted by molar-refractivity contribution is 5.83. The number of methoxy groups -OCH3 is 1. The highest BCUT2D eigenvalue weighted by atomic mass is 16.5. The van der Waals surface area contributed by atoms with Gasteiger partial charge in [0.15, 0.2) is 0 Å². The van der Waals surface area contributed by atoms with E-state index < -0.39 is 12.0 Å². The lowest BCUT2D eigenvalue weighted by Gasteiger charge is -2.24. The second-order valence-corrected chi connectivity index (χ2v) is 5.02. The first-order valence-corrected chi connectivity index (χ1v) is 6.42. The van der Waals surface area contributed by atoms with Crippen molar-refractivity contribution in [3.05, 3.63) is 0 Å². The number of nitrogens with one attached hydrogen (secondary N) is 1. The van der Waals surface area contributed by atoms with Crippen LogP contribution in [0.2, 0.25) is 0 Å². The largest absolute Gasteiger partial charge is 0.480 e. The summed E-state index contributed by atoms with van der Waals surface area (Å²) in [4.78, 5) is 24.9. The number of aliphatic carboxylic acids is 1. The van der Waals surface area contributed by atoms with Crippen molar-refractivity contribution in [1.29, 1.82) is 0 Å². The molecule has 2 aliphatic rings. The van der Waals surface area contributed by atoms with Crippen molar-refractivity contribution in [2.75, 3.05) is 20.3 Å². The average Bonchev–Trinajstić information content (AvgIpc) is 3.16. The van der Waals surface area contributed by atoms with Gasteiger partial charge in [-0.25, -0.2) is 9.59 Å². The van der Waals surface area contributed by atoms with Gasteiger partial charge < -0.3 is 20.1 Å². The number of carboxylic acids is 1. The van der Waals surface area contributed by atoms with Gasteiger partial charge in [0.25, 0.3) is 0 Å². The molecule has 6 nitrogen and oxygen atoms in total. The van der Waals surface area contributed by atoms with Gasteiger partial charge in [-0.1, -0.05) is 0 Å². The standard InChI is InChI=1S/C12H20N2O4/c1-18-7-6-14(9-4-5-9)12(17)13-10(11(15)16)8-2-3-8/h8-10H,2-7H2,1H3,(H,13,17)(H,15,16). The Morgan fingerprint density at radius 2 is 2.06 bits per heavy atom. The number of rotatable bonds is 7. The number of nitrogens with zero attached hydrogens (tertiary/aromatic N) is 1. The molecule has 2 rings (SSSR count). The lowest BCUT2D eigenvalue weighted by Crippen LogP contribution is -2.50. The molecule has 0 bridgehead atoms. The molecule has 0 aliphatic heterocycles. The highest BCUT2D eigenvalue weighted by Crippen LogP contribution is 2.33. The van der Waals surface area contributed by atoms with Crippen molar-refractivity contribution in [2.24, 2.45) is 5.92 Å². The zero-order valence-electron chi connectivity index (χ0n) is 10.6. The second-order valence-electron chi connectivity index (χ2n) is 5.02. The van der Waals surface area contributed by atoms with Crippen LogP contribution < -0.4 is 5.32 Å². The third-order valence-corrected chi connectivity index (χ3v) is 3.42. The Kier molecular flexibility index (Phi) is 4.06. The Morgan fingerprint density at radius 3 is 2.50 bits per heavy atom. The van der Waals surface area contributed by atoms with E-state index in [0.717, 1.165) is 25.7 Å². The van der Waals surface area contributed by atoms with Crippen LogP contribution in [0.5, 0.6) is 0 Å². The minimum Gasteiger partial charge on any atom is -0.480 e. The minimum atomic E-state index is -0.937. The van der Waals surface area contributed by atoms with Crippen molar-refractivity contribution in [3.8, 4) is 0 Å². The molecular weight excluding hydrogens is 236 g/mol. The Balaban J connectivity index is 1.88. The molecule has 0 aromatic heterocycles. The topological polar surface area (TPSA) is 78.9 Å². The zero-order valence-corrected chi connectivity index (χ0v) is 10.6.